The lowest BCUT2D eigenvalue weighted by molar-refractivity contribution is 0.748. The third-order valence-electron chi connectivity index (χ3n) is 5.64. The Balaban J connectivity index is 1.69. The van der Waals surface area contributed by atoms with Gasteiger partial charge < -0.3 is 10.7 Å². The number of thiophene rings is 1. The lowest BCUT2D eigenvalue weighted by atomic mass is 9.97. The van der Waals surface area contributed by atoms with Gasteiger partial charge in [0.1, 0.15) is 0 Å². The number of benzene rings is 3. The van der Waals surface area contributed by atoms with Crippen LogP contribution in [0.5, 0.6) is 0 Å². The maximum absolute atomic E-state index is 5.78. The van der Waals surface area contributed by atoms with Crippen LogP contribution in [-0.4, -0.2) is 11.5 Å². The molecule has 3 heteroatoms. The number of unbranched alkanes of at least 4 members (excludes halogenated alkanes) is 1. The van der Waals surface area contributed by atoms with Crippen LogP contribution in [0.3, 0.4) is 0 Å². The summed E-state index contributed by atoms with van der Waals surface area (Å²) in [5.41, 5.74) is 13.5. The van der Waals surface area contributed by atoms with Crippen LogP contribution in [0.2, 0.25) is 0 Å². The molecule has 3 N–H and O–H groups in total. The Bertz CT molecular complexity index is 1260. The summed E-state index contributed by atoms with van der Waals surface area (Å²) in [5, 5.41) is 4.95. The van der Waals surface area contributed by atoms with Crippen LogP contribution in [0.1, 0.15) is 18.4 Å². The van der Waals surface area contributed by atoms with Crippen LogP contribution in [0, 0.1) is 0 Å². The molecule has 144 valence electrons. The molecule has 3 aromatic carbocycles. The van der Waals surface area contributed by atoms with Crippen LogP contribution in [-0.2, 0) is 6.42 Å². The zero-order chi connectivity index (χ0) is 19.6. The predicted molar refractivity (Wildman–Crippen MR) is 127 cm³/mol. The second-order valence-electron chi connectivity index (χ2n) is 7.50. The highest BCUT2D eigenvalue weighted by Gasteiger charge is 2.16. The van der Waals surface area contributed by atoms with Gasteiger partial charge in [-0.05, 0) is 60.7 Å². The molecule has 0 aliphatic carbocycles. The SMILES string of the molecule is NCCCCc1c(-c2csc3ccccc23)[nH]c2ccc(-c3ccccc3)cc12. The third kappa shape index (κ3) is 3.37. The van der Waals surface area contributed by atoms with Gasteiger partial charge in [0.25, 0.3) is 0 Å². The normalized spacial score (nSPS) is 11.5. The van der Waals surface area contributed by atoms with E-state index in [0.29, 0.717) is 0 Å². The standard InChI is InChI=1S/C26H24N2S/c27-15-7-6-11-21-22-16-19(18-8-2-1-3-9-18)13-14-24(22)28-26(21)23-17-29-25-12-5-4-10-20(23)25/h1-5,8-10,12-14,16-17,28H,6-7,11,15,27H2. The van der Waals surface area contributed by atoms with Crippen molar-refractivity contribution in [1.29, 1.82) is 0 Å². The van der Waals surface area contributed by atoms with E-state index in [4.69, 9.17) is 5.73 Å². The van der Waals surface area contributed by atoms with Gasteiger partial charge in [0, 0.05) is 31.9 Å². The number of aryl methyl sites for hydroxylation is 1. The minimum absolute atomic E-state index is 0.744. The summed E-state index contributed by atoms with van der Waals surface area (Å²) in [4.78, 5) is 3.74. The van der Waals surface area contributed by atoms with Gasteiger partial charge in [0.2, 0.25) is 0 Å². The van der Waals surface area contributed by atoms with Crippen molar-refractivity contribution in [2.45, 2.75) is 19.3 Å². The fourth-order valence-electron chi connectivity index (χ4n) is 4.16. The Hall–Kier alpha value is -2.88. The first-order valence-electron chi connectivity index (χ1n) is 10.2. The summed E-state index contributed by atoms with van der Waals surface area (Å²) >= 11 is 1.82. The average molecular weight is 397 g/mol. The molecule has 5 rings (SSSR count). The Morgan fingerprint density at radius 3 is 2.48 bits per heavy atom. The first kappa shape index (κ1) is 18.2. The lowest BCUT2D eigenvalue weighted by Crippen LogP contribution is -1.99. The maximum Gasteiger partial charge on any atom is 0.0512 e. The molecule has 0 saturated heterocycles. The Labute approximate surface area is 175 Å². The van der Waals surface area contributed by atoms with E-state index in [2.05, 4.69) is 83.2 Å². The van der Waals surface area contributed by atoms with Gasteiger partial charge in [-0.1, -0.05) is 54.6 Å². The number of aromatic nitrogens is 1. The fourth-order valence-corrected chi connectivity index (χ4v) is 5.12. The predicted octanol–water partition coefficient (Wildman–Crippen LogP) is 7.00. The zero-order valence-corrected chi connectivity index (χ0v) is 17.1. The number of hydrogen-bond acceptors (Lipinski definition) is 2. The molecule has 0 aliphatic heterocycles. The molecule has 0 spiro atoms. The van der Waals surface area contributed by atoms with Gasteiger partial charge in [0.05, 0.1) is 5.69 Å². The molecule has 5 aromatic rings. The molecule has 0 atom stereocenters. The van der Waals surface area contributed by atoms with Crippen molar-refractivity contribution in [3.63, 3.8) is 0 Å². The number of fused-ring (bicyclic) bond motifs is 2. The van der Waals surface area contributed by atoms with E-state index in [9.17, 15) is 0 Å². The lowest BCUT2D eigenvalue weighted by Gasteiger charge is -2.06. The number of nitrogens with two attached hydrogens (primary N) is 1. The molecule has 2 nitrogen and oxygen atoms in total. The van der Waals surface area contributed by atoms with Gasteiger partial charge in [-0.3, -0.25) is 0 Å². The van der Waals surface area contributed by atoms with Crippen molar-refractivity contribution in [3.05, 3.63) is 83.7 Å². The quantitative estimate of drug-likeness (QED) is 0.298. The van der Waals surface area contributed by atoms with Gasteiger partial charge in [-0.15, -0.1) is 11.3 Å². The van der Waals surface area contributed by atoms with Crippen molar-refractivity contribution in [2.75, 3.05) is 6.54 Å². The maximum atomic E-state index is 5.78. The van der Waals surface area contributed by atoms with Gasteiger partial charge in [-0.25, -0.2) is 0 Å². The van der Waals surface area contributed by atoms with Crippen molar-refractivity contribution in [1.82, 2.24) is 4.98 Å². The second kappa shape index (κ2) is 7.86. The Morgan fingerprint density at radius 1 is 0.793 bits per heavy atom. The van der Waals surface area contributed by atoms with E-state index in [1.165, 1.54) is 48.9 Å². The number of hydrogen-bond donors (Lipinski definition) is 2. The first-order chi connectivity index (χ1) is 14.3. The minimum atomic E-state index is 0.744. The summed E-state index contributed by atoms with van der Waals surface area (Å²) < 4.78 is 1.33. The summed E-state index contributed by atoms with van der Waals surface area (Å²) in [6.07, 6.45) is 3.19. The molecular weight excluding hydrogens is 372 g/mol. The number of nitrogens with one attached hydrogen (secondary N) is 1. The summed E-state index contributed by atoms with van der Waals surface area (Å²) in [6, 6.07) is 26.1. The highest BCUT2D eigenvalue weighted by molar-refractivity contribution is 7.17. The van der Waals surface area contributed by atoms with E-state index in [-0.39, 0.29) is 0 Å². The van der Waals surface area contributed by atoms with Crippen molar-refractivity contribution in [2.24, 2.45) is 5.73 Å². The van der Waals surface area contributed by atoms with Crippen LogP contribution < -0.4 is 5.73 Å². The molecule has 0 radical (unpaired) electrons. The third-order valence-corrected chi connectivity index (χ3v) is 6.61. The minimum Gasteiger partial charge on any atom is -0.354 e. The molecule has 0 unspecified atom stereocenters. The zero-order valence-electron chi connectivity index (χ0n) is 16.3. The van der Waals surface area contributed by atoms with E-state index >= 15 is 0 Å². The van der Waals surface area contributed by atoms with Crippen molar-refractivity contribution in [3.8, 4) is 22.4 Å². The van der Waals surface area contributed by atoms with Crippen LogP contribution in [0.25, 0.3) is 43.4 Å². The topological polar surface area (TPSA) is 41.8 Å². The van der Waals surface area contributed by atoms with Gasteiger partial charge >= 0.3 is 0 Å². The van der Waals surface area contributed by atoms with Crippen LogP contribution >= 0.6 is 11.3 Å². The molecule has 0 fully saturated rings. The summed E-state index contributed by atoms with van der Waals surface area (Å²) in [6.45, 7) is 0.744. The molecule has 0 amide bonds. The van der Waals surface area contributed by atoms with Crippen molar-refractivity contribution >= 4 is 32.3 Å². The van der Waals surface area contributed by atoms with E-state index in [1.54, 1.807) is 0 Å². The smallest absolute Gasteiger partial charge is 0.0512 e. The Morgan fingerprint density at radius 2 is 1.62 bits per heavy atom. The fraction of sp³-hybridized carbons (Fsp3) is 0.154. The van der Waals surface area contributed by atoms with E-state index in [0.717, 1.165) is 25.8 Å². The number of rotatable bonds is 6. The van der Waals surface area contributed by atoms with Crippen LogP contribution in [0.15, 0.2) is 78.2 Å². The average Bonchev–Trinajstić information content (AvgIpc) is 3.35. The molecule has 0 aliphatic rings. The molecule has 2 aromatic heterocycles. The van der Waals surface area contributed by atoms with Crippen molar-refractivity contribution < 1.29 is 0 Å². The highest BCUT2D eigenvalue weighted by atomic mass is 32.1. The first-order valence-corrected chi connectivity index (χ1v) is 11.1. The number of H-pyrrole nitrogens is 1. The second-order valence-corrected chi connectivity index (χ2v) is 8.41. The molecule has 0 saturated carbocycles. The Kier molecular flexibility index (Phi) is 4.92. The van der Waals surface area contributed by atoms with E-state index < -0.39 is 0 Å². The summed E-state index contributed by atoms with van der Waals surface area (Å²) in [7, 11) is 0. The highest BCUT2D eigenvalue weighted by Crippen LogP contribution is 2.39. The largest absolute Gasteiger partial charge is 0.354 e. The molecule has 2 heterocycles. The monoisotopic (exact) mass is 396 g/mol. The van der Waals surface area contributed by atoms with Gasteiger partial charge in [0.15, 0.2) is 0 Å². The molecule has 0 bridgehead atoms. The number of aromatic amines is 1. The van der Waals surface area contributed by atoms with E-state index in [1.807, 2.05) is 11.3 Å². The summed E-state index contributed by atoms with van der Waals surface area (Å²) in [5.74, 6) is 0. The van der Waals surface area contributed by atoms with Crippen LogP contribution in [0.4, 0.5) is 0 Å². The molecular formula is C26H24N2S. The van der Waals surface area contributed by atoms with Gasteiger partial charge in [-0.2, -0.15) is 0 Å². The molecule has 29 heavy (non-hydrogen) atoms.